The number of rotatable bonds is 3. The van der Waals surface area contributed by atoms with Gasteiger partial charge in [0.05, 0.1) is 22.7 Å². The zero-order chi connectivity index (χ0) is 13.9. The zero-order valence-electron chi connectivity index (χ0n) is 11.1. The minimum absolute atomic E-state index is 0.393. The molecule has 2 aromatic carbocycles. The first-order valence-electron chi connectivity index (χ1n) is 6.36. The molecule has 0 aliphatic heterocycles. The van der Waals surface area contributed by atoms with Crippen LogP contribution in [0.3, 0.4) is 0 Å². The SMILES string of the molecule is CNc1ccc2nc(-c3ccccc3)sc2c1CC#N. The smallest absolute Gasteiger partial charge is 0.124 e. The van der Waals surface area contributed by atoms with Gasteiger partial charge in [0, 0.05) is 23.9 Å². The lowest BCUT2D eigenvalue weighted by molar-refractivity contribution is 1.28. The van der Waals surface area contributed by atoms with E-state index in [9.17, 15) is 0 Å². The molecule has 3 rings (SSSR count). The van der Waals surface area contributed by atoms with Crippen molar-refractivity contribution in [2.75, 3.05) is 12.4 Å². The van der Waals surface area contributed by atoms with E-state index in [1.54, 1.807) is 11.3 Å². The third-order valence-electron chi connectivity index (χ3n) is 3.21. The predicted molar refractivity (Wildman–Crippen MR) is 83.9 cm³/mol. The van der Waals surface area contributed by atoms with Gasteiger partial charge in [-0.25, -0.2) is 4.98 Å². The highest BCUT2D eigenvalue weighted by atomic mass is 32.1. The topological polar surface area (TPSA) is 48.7 Å². The molecule has 0 unspecified atom stereocenters. The van der Waals surface area contributed by atoms with Crippen molar-refractivity contribution >= 4 is 27.2 Å². The molecular formula is C16H13N3S. The van der Waals surface area contributed by atoms with E-state index in [-0.39, 0.29) is 0 Å². The van der Waals surface area contributed by atoms with E-state index < -0.39 is 0 Å². The Labute approximate surface area is 121 Å². The normalized spacial score (nSPS) is 10.4. The molecule has 3 nitrogen and oxygen atoms in total. The lowest BCUT2D eigenvalue weighted by Gasteiger charge is -2.06. The van der Waals surface area contributed by atoms with Crippen molar-refractivity contribution in [3.8, 4) is 16.6 Å². The Morgan fingerprint density at radius 3 is 2.70 bits per heavy atom. The Morgan fingerprint density at radius 2 is 2.00 bits per heavy atom. The number of nitriles is 1. The third kappa shape index (κ3) is 2.13. The predicted octanol–water partition coefficient (Wildman–Crippen LogP) is 4.07. The molecule has 1 aromatic heterocycles. The van der Waals surface area contributed by atoms with Crippen LogP contribution < -0.4 is 5.32 Å². The number of aromatic nitrogens is 1. The van der Waals surface area contributed by atoms with Gasteiger partial charge < -0.3 is 5.32 Å². The maximum Gasteiger partial charge on any atom is 0.124 e. The van der Waals surface area contributed by atoms with Crippen molar-refractivity contribution in [1.29, 1.82) is 5.26 Å². The van der Waals surface area contributed by atoms with Gasteiger partial charge in [0.1, 0.15) is 5.01 Å². The molecule has 1 N–H and O–H groups in total. The van der Waals surface area contributed by atoms with E-state index >= 15 is 0 Å². The molecule has 0 spiro atoms. The Bertz CT molecular complexity index is 785. The van der Waals surface area contributed by atoms with E-state index in [1.807, 2.05) is 37.4 Å². The third-order valence-corrected chi connectivity index (χ3v) is 4.39. The molecule has 0 amide bonds. The second-order valence-corrected chi connectivity index (χ2v) is 5.41. The lowest BCUT2D eigenvalue weighted by Crippen LogP contribution is -1.94. The van der Waals surface area contributed by atoms with Gasteiger partial charge in [0.2, 0.25) is 0 Å². The summed E-state index contributed by atoms with van der Waals surface area (Å²) in [5, 5.41) is 13.2. The van der Waals surface area contributed by atoms with Crippen LogP contribution in [0.1, 0.15) is 5.56 Å². The minimum Gasteiger partial charge on any atom is -0.388 e. The Hall–Kier alpha value is -2.38. The second-order valence-electron chi connectivity index (χ2n) is 4.41. The van der Waals surface area contributed by atoms with Crippen molar-refractivity contribution in [3.05, 3.63) is 48.0 Å². The number of hydrogen-bond acceptors (Lipinski definition) is 4. The summed E-state index contributed by atoms with van der Waals surface area (Å²) in [7, 11) is 1.88. The summed E-state index contributed by atoms with van der Waals surface area (Å²) in [6.45, 7) is 0. The molecule has 98 valence electrons. The van der Waals surface area contributed by atoms with Crippen LogP contribution in [-0.2, 0) is 6.42 Å². The summed E-state index contributed by atoms with van der Waals surface area (Å²) in [4.78, 5) is 4.68. The number of benzene rings is 2. The van der Waals surface area contributed by atoms with E-state index in [1.165, 1.54) is 0 Å². The molecule has 0 fully saturated rings. The average Bonchev–Trinajstić information content (AvgIpc) is 2.93. The van der Waals surface area contributed by atoms with Gasteiger partial charge in [0.25, 0.3) is 0 Å². The van der Waals surface area contributed by atoms with Gasteiger partial charge in [0.15, 0.2) is 0 Å². The molecule has 20 heavy (non-hydrogen) atoms. The molecule has 4 heteroatoms. The van der Waals surface area contributed by atoms with Gasteiger partial charge in [-0.3, -0.25) is 0 Å². The molecule has 3 aromatic rings. The van der Waals surface area contributed by atoms with E-state index in [0.29, 0.717) is 6.42 Å². The van der Waals surface area contributed by atoms with Gasteiger partial charge in [-0.05, 0) is 12.1 Å². The van der Waals surface area contributed by atoms with Crippen molar-refractivity contribution in [3.63, 3.8) is 0 Å². The quantitative estimate of drug-likeness (QED) is 0.786. The molecule has 0 saturated heterocycles. The highest BCUT2D eigenvalue weighted by molar-refractivity contribution is 7.21. The van der Waals surface area contributed by atoms with Gasteiger partial charge >= 0.3 is 0 Å². The fourth-order valence-corrected chi connectivity index (χ4v) is 3.35. The van der Waals surface area contributed by atoms with E-state index in [4.69, 9.17) is 5.26 Å². The summed E-state index contributed by atoms with van der Waals surface area (Å²) in [6, 6.07) is 16.4. The monoisotopic (exact) mass is 279 g/mol. The van der Waals surface area contributed by atoms with Gasteiger partial charge in [-0.2, -0.15) is 5.26 Å². The molecular weight excluding hydrogens is 266 g/mol. The average molecular weight is 279 g/mol. The van der Waals surface area contributed by atoms with Crippen LogP contribution in [0.2, 0.25) is 0 Å². The van der Waals surface area contributed by atoms with Gasteiger partial charge in [-0.1, -0.05) is 30.3 Å². The number of hydrogen-bond donors (Lipinski definition) is 1. The van der Waals surface area contributed by atoms with Crippen LogP contribution in [0.25, 0.3) is 20.8 Å². The fourth-order valence-electron chi connectivity index (χ4n) is 2.24. The molecule has 0 atom stereocenters. The van der Waals surface area contributed by atoms with Crippen LogP contribution in [0.15, 0.2) is 42.5 Å². The molecule has 0 radical (unpaired) electrons. The minimum atomic E-state index is 0.393. The number of nitrogens with zero attached hydrogens (tertiary/aromatic N) is 2. The number of anilines is 1. The first kappa shape index (κ1) is 12.6. The summed E-state index contributed by atoms with van der Waals surface area (Å²) >= 11 is 1.64. The summed E-state index contributed by atoms with van der Waals surface area (Å²) in [5.41, 5.74) is 4.11. The number of nitrogens with one attached hydrogen (secondary N) is 1. The highest BCUT2D eigenvalue weighted by Gasteiger charge is 2.12. The fraction of sp³-hybridized carbons (Fsp3) is 0.125. The van der Waals surface area contributed by atoms with Crippen LogP contribution in [-0.4, -0.2) is 12.0 Å². The van der Waals surface area contributed by atoms with Crippen LogP contribution >= 0.6 is 11.3 Å². The number of thiazole rings is 1. The maximum atomic E-state index is 9.03. The zero-order valence-corrected chi connectivity index (χ0v) is 11.9. The Morgan fingerprint density at radius 1 is 1.20 bits per heavy atom. The Kier molecular flexibility index (Phi) is 3.36. The molecule has 0 aliphatic rings. The maximum absolute atomic E-state index is 9.03. The standard InChI is InChI=1S/C16H13N3S/c1-18-13-7-8-14-15(12(13)9-10-17)20-16(19-14)11-5-3-2-4-6-11/h2-8,18H,9H2,1H3. The second kappa shape index (κ2) is 5.32. The molecule has 0 aliphatic carbocycles. The summed E-state index contributed by atoms with van der Waals surface area (Å²) < 4.78 is 1.09. The molecule has 1 heterocycles. The van der Waals surface area contributed by atoms with Crippen molar-refractivity contribution in [2.45, 2.75) is 6.42 Å². The summed E-state index contributed by atoms with van der Waals surface area (Å²) in [5.74, 6) is 0. The van der Waals surface area contributed by atoms with Crippen molar-refractivity contribution < 1.29 is 0 Å². The van der Waals surface area contributed by atoms with E-state index in [2.05, 4.69) is 28.5 Å². The van der Waals surface area contributed by atoms with E-state index in [0.717, 1.165) is 32.0 Å². The largest absolute Gasteiger partial charge is 0.388 e. The highest BCUT2D eigenvalue weighted by Crippen LogP contribution is 2.35. The molecule has 0 bridgehead atoms. The van der Waals surface area contributed by atoms with Crippen LogP contribution in [0.5, 0.6) is 0 Å². The Balaban J connectivity index is 2.21. The lowest BCUT2D eigenvalue weighted by atomic mass is 10.1. The molecule has 0 saturated carbocycles. The van der Waals surface area contributed by atoms with Gasteiger partial charge in [-0.15, -0.1) is 11.3 Å². The first-order valence-corrected chi connectivity index (χ1v) is 7.17. The number of fused-ring (bicyclic) bond motifs is 1. The summed E-state index contributed by atoms with van der Waals surface area (Å²) in [6.07, 6.45) is 0.393. The van der Waals surface area contributed by atoms with Crippen LogP contribution in [0, 0.1) is 11.3 Å². The van der Waals surface area contributed by atoms with Crippen molar-refractivity contribution in [2.24, 2.45) is 0 Å². The van der Waals surface area contributed by atoms with Crippen LogP contribution in [0.4, 0.5) is 5.69 Å². The van der Waals surface area contributed by atoms with Crippen molar-refractivity contribution in [1.82, 2.24) is 4.98 Å². The first-order chi connectivity index (χ1) is 9.83.